The van der Waals surface area contributed by atoms with Crippen molar-refractivity contribution in [3.63, 3.8) is 0 Å². The molecular formula is C10H14ClNO2. The molecule has 1 rings (SSSR count). The van der Waals surface area contributed by atoms with Gasteiger partial charge in [0.25, 0.3) is 0 Å². The van der Waals surface area contributed by atoms with Gasteiger partial charge in [-0.3, -0.25) is 0 Å². The van der Waals surface area contributed by atoms with E-state index in [1.54, 1.807) is 12.1 Å². The highest BCUT2D eigenvalue weighted by Crippen LogP contribution is 2.17. The van der Waals surface area contributed by atoms with Crippen LogP contribution in [0.4, 0.5) is 0 Å². The average molecular weight is 216 g/mol. The molecule has 14 heavy (non-hydrogen) atoms. The molecule has 0 bridgehead atoms. The number of aliphatic hydroxyl groups is 1. The van der Waals surface area contributed by atoms with E-state index in [1.165, 1.54) is 0 Å². The summed E-state index contributed by atoms with van der Waals surface area (Å²) in [7, 11) is 0. The van der Waals surface area contributed by atoms with Gasteiger partial charge in [-0.15, -0.1) is 0 Å². The highest BCUT2D eigenvalue weighted by Gasteiger charge is 2.02. The Morgan fingerprint density at radius 1 is 1.50 bits per heavy atom. The molecule has 0 spiro atoms. The molecule has 0 aliphatic carbocycles. The average Bonchev–Trinajstić information content (AvgIpc) is 2.15. The van der Waals surface area contributed by atoms with Gasteiger partial charge in [-0.2, -0.15) is 0 Å². The zero-order valence-electron chi connectivity index (χ0n) is 7.82. The first kappa shape index (κ1) is 11.3. The summed E-state index contributed by atoms with van der Waals surface area (Å²) in [6.45, 7) is 0.473. The van der Waals surface area contributed by atoms with Crippen LogP contribution in [-0.2, 0) is 0 Å². The van der Waals surface area contributed by atoms with Crippen LogP contribution in [0.15, 0.2) is 24.3 Å². The summed E-state index contributed by atoms with van der Waals surface area (Å²) in [6.07, 6.45) is 0.542. The summed E-state index contributed by atoms with van der Waals surface area (Å²) in [5.74, 6) is 0.700. The topological polar surface area (TPSA) is 55.5 Å². The van der Waals surface area contributed by atoms with Gasteiger partial charge in [-0.1, -0.05) is 17.7 Å². The van der Waals surface area contributed by atoms with Crippen LogP contribution in [0.25, 0.3) is 0 Å². The van der Waals surface area contributed by atoms with Crippen LogP contribution < -0.4 is 10.5 Å². The van der Waals surface area contributed by atoms with E-state index in [0.29, 0.717) is 23.8 Å². The maximum Gasteiger partial charge on any atom is 0.120 e. The van der Waals surface area contributed by atoms with Crippen LogP contribution in [0.1, 0.15) is 6.42 Å². The molecule has 3 N–H and O–H groups in total. The highest BCUT2D eigenvalue weighted by atomic mass is 35.5. The third-order valence-corrected chi connectivity index (χ3v) is 2.00. The first-order valence-corrected chi connectivity index (χ1v) is 4.85. The second kappa shape index (κ2) is 5.86. The van der Waals surface area contributed by atoms with Crippen molar-refractivity contribution in [1.29, 1.82) is 0 Å². The molecular weight excluding hydrogens is 202 g/mol. The molecule has 78 valence electrons. The van der Waals surface area contributed by atoms with Crippen molar-refractivity contribution >= 4 is 11.6 Å². The summed E-state index contributed by atoms with van der Waals surface area (Å²) in [6, 6.07) is 7.00. The molecule has 1 unspecified atom stereocenters. The van der Waals surface area contributed by atoms with Gasteiger partial charge in [0, 0.05) is 17.7 Å². The zero-order valence-corrected chi connectivity index (χ0v) is 8.57. The molecule has 3 nitrogen and oxygen atoms in total. The number of rotatable bonds is 5. The Kier molecular flexibility index (Phi) is 4.73. The molecule has 0 saturated carbocycles. The van der Waals surface area contributed by atoms with Gasteiger partial charge in [0.1, 0.15) is 12.4 Å². The molecule has 0 fully saturated rings. The molecule has 0 saturated heterocycles. The van der Waals surface area contributed by atoms with Crippen molar-refractivity contribution < 1.29 is 9.84 Å². The minimum Gasteiger partial charge on any atom is -0.492 e. The van der Waals surface area contributed by atoms with Gasteiger partial charge >= 0.3 is 0 Å². The SMILES string of the molecule is NC(CCO)COc1cccc(Cl)c1. The van der Waals surface area contributed by atoms with E-state index in [9.17, 15) is 0 Å². The van der Waals surface area contributed by atoms with Crippen molar-refractivity contribution in [2.45, 2.75) is 12.5 Å². The van der Waals surface area contributed by atoms with E-state index >= 15 is 0 Å². The van der Waals surface area contributed by atoms with E-state index in [2.05, 4.69) is 0 Å². The van der Waals surface area contributed by atoms with Crippen molar-refractivity contribution in [3.05, 3.63) is 29.3 Å². The van der Waals surface area contributed by atoms with Crippen molar-refractivity contribution in [3.8, 4) is 5.75 Å². The van der Waals surface area contributed by atoms with Crippen molar-refractivity contribution in [1.82, 2.24) is 0 Å². The molecule has 0 amide bonds. The minimum absolute atomic E-state index is 0.0834. The van der Waals surface area contributed by atoms with Crippen LogP contribution in [0.2, 0.25) is 5.02 Å². The Morgan fingerprint density at radius 2 is 2.29 bits per heavy atom. The second-order valence-electron chi connectivity index (χ2n) is 3.04. The predicted molar refractivity (Wildman–Crippen MR) is 56.6 cm³/mol. The third-order valence-electron chi connectivity index (χ3n) is 1.76. The third kappa shape index (κ3) is 3.96. The fraction of sp³-hybridized carbons (Fsp3) is 0.400. The first-order chi connectivity index (χ1) is 6.72. The predicted octanol–water partition coefficient (Wildman–Crippen LogP) is 1.43. The Labute approximate surface area is 88.4 Å². The largest absolute Gasteiger partial charge is 0.492 e. The lowest BCUT2D eigenvalue weighted by atomic mass is 10.2. The van der Waals surface area contributed by atoms with Crippen LogP contribution in [-0.4, -0.2) is 24.4 Å². The fourth-order valence-corrected chi connectivity index (χ4v) is 1.19. The van der Waals surface area contributed by atoms with Gasteiger partial charge in [-0.25, -0.2) is 0 Å². The standard InChI is InChI=1S/C10H14ClNO2/c11-8-2-1-3-10(6-8)14-7-9(12)4-5-13/h1-3,6,9,13H,4-5,7,12H2. The number of halogens is 1. The van der Waals surface area contributed by atoms with E-state index < -0.39 is 0 Å². The van der Waals surface area contributed by atoms with E-state index in [1.807, 2.05) is 12.1 Å². The summed E-state index contributed by atoms with van der Waals surface area (Å²) in [5, 5.41) is 9.26. The van der Waals surface area contributed by atoms with E-state index in [-0.39, 0.29) is 12.6 Å². The molecule has 1 aromatic carbocycles. The monoisotopic (exact) mass is 215 g/mol. The van der Waals surface area contributed by atoms with Gasteiger partial charge in [0.05, 0.1) is 0 Å². The lowest BCUT2D eigenvalue weighted by Crippen LogP contribution is -2.28. The number of hydrogen-bond donors (Lipinski definition) is 2. The fourth-order valence-electron chi connectivity index (χ4n) is 1.01. The number of ether oxygens (including phenoxy) is 1. The van der Waals surface area contributed by atoms with Crippen LogP contribution in [0.5, 0.6) is 5.75 Å². The Bertz CT molecular complexity index is 281. The summed E-state index contributed by atoms with van der Waals surface area (Å²) in [4.78, 5) is 0. The Morgan fingerprint density at radius 3 is 2.93 bits per heavy atom. The second-order valence-corrected chi connectivity index (χ2v) is 3.48. The molecule has 0 radical (unpaired) electrons. The molecule has 0 aliphatic heterocycles. The van der Waals surface area contributed by atoms with Gasteiger partial charge < -0.3 is 15.6 Å². The molecule has 0 heterocycles. The quantitative estimate of drug-likeness (QED) is 0.782. The number of aliphatic hydroxyl groups excluding tert-OH is 1. The zero-order chi connectivity index (χ0) is 10.4. The normalized spacial score (nSPS) is 12.5. The number of benzene rings is 1. The summed E-state index contributed by atoms with van der Waals surface area (Å²) < 4.78 is 5.38. The summed E-state index contributed by atoms with van der Waals surface area (Å²) in [5.41, 5.74) is 5.65. The van der Waals surface area contributed by atoms with Crippen molar-refractivity contribution in [2.75, 3.05) is 13.2 Å². The Balaban J connectivity index is 2.37. The van der Waals surface area contributed by atoms with Gasteiger partial charge in [0.15, 0.2) is 0 Å². The highest BCUT2D eigenvalue weighted by molar-refractivity contribution is 6.30. The van der Waals surface area contributed by atoms with Gasteiger partial charge in [0.2, 0.25) is 0 Å². The maximum absolute atomic E-state index is 8.62. The minimum atomic E-state index is -0.140. The van der Waals surface area contributed by atoms with E-state index in [0.717, 1.165) is 0 Å². The molecule has 0 aliphatic rings. The van der Waals surface area contributed by atoms with Crippen LogP contribution in [0.3, 0.4) is 0 Å². The molecule has 1 atom stereocenters. The van der Waals surface area contributed by atoms with Crippen molar-refractivity contribution in [2.24, 2.45) is 5.73 Å². The van der Waals surface area contributed by atoms with Crippen LogP contribution in [0, 0.1) is 0 Å². The van der Waals surface area contributed by atoms with Crippen LogP contribution >= 0.6 is 11.6 Å². The smallest absolute Gasteiger partial charge is 0.120 e. The first-order valence-electron chi connectivity index (χ1n) is 4.47. The lowest BCUT2D eigenvalue weighted by Gasteiger charge is -2.11. The summed E-state index contributed by atoms with van der Waals surface area (Å²) >= 11 is 5.77. The molecule has 0 aromatic heterocycles. The molecule has 4 heteroatoms. The lowest BCUT2D eigenvalue weighted by molar-refractivity contribution is 0.233. The molecule has 1 aromatic rings. The van der Waals surface area contributed by atoms with E-state index in [4.69, 9.17) is 27.2 Å². The Hall–Kier alpha value is -0.770. The number of hydrogen-bond acceptors (Lipinski definition) is 3. The maximum atomic E-state index is 8.62. The van der Waals surface area contributed by atoms with Gasteiger partial charge in [-0.05, 0) is 24.6 Å². The number of nitrogens with two attached hydrogens (primary N) is 1.